The number of hydrogen-bond acceptors (Lipinski definition) is 5. The first-order chi connectivity index (χ1) is 10.2. The van der Waals surface area contributed by atoms with Gasteiger partial charge in [-0.1, -0.05) is 0 Å². The predicted molar refractivity (Wildman–Crippen MR) is 89.5 cm³/mol. The molecule has 0 saturated carbocycles. The van der Waals surface area contributed by atoms with Crippen LogP contribution in [0.25, 0.3) is 10.2 Å². The molecule has 1 fully saturated rings. The lowest BCUT2D eigenvalue weighted by molar-refractivity contribution is -0.132. The number of thiophene rings is 1. The van der Waals surface area contributed by atoms with Crippen molar-refractivity contribution < 1.29 is 4.79 Å². The van der Waals surface area contributed by atoms with Crippen molar-refractivity contribution in [3.8, 4) is 0 Å². The Kier molecular flexibility index (Phi) is 5.55. The zero-order chi connectivity index (χ0) is 14.8. The molecular formula is C14H19ClN4O2S. The molecule has 2 aromatic rings. The van der Waals surface area contributed by atoms with Crippen molar-refractivity contribution in [2.75, 3.05) is 13.1 Å². The van der Waals surface area contributed by atoms with Crippen LogP contribution < -0.4 is 11.3 Å². The summed E-state index contributed by atoms with van der Waals surface area (Å²) in [7, 11) is 0. The number of aryl methyl sites for hydroxylation is 1. The molecular weight excluding hydrogens is 324 g/mol. The fourth-order valence-electron chi connectivity index (χ4n) is 2.82. The molecule has 0 bridgehead atoms. The highest BCUT2D eigenvalue weighted by atomic mass is 35.5. The summed E-state index contributed by atoms with van der Waals surface area (Å²) in [5, 5.41) is 2.47. The number of carbonyl (C=O) groups is 1. The summed E-state index contributed by atoms with van der Waals surface area (Å²) in [5.74, 6) is 0.0697. The standard InChI is InChI=1S/C14H18N4O2S.ClH/c15-8-10-2-1-5-18(10)12(19)3-6-17-9-16-13-11(14(17)20)4-7-21-13;/h4,7,9-10H,1-3,5-6,8,15H2;1H. The van der Waals surface area contributed by atoms with Gasteiger partial charge in [0.15, 0.2) is 0 Å². The Morgan fingerprint density at radius 2 is 2.32 bits per heavy atom. The maximum absolute atomic E-state index is 12.2. The van der Waals surface area contributed by atoms with E-state index in [1.807, 2.05) is 10.3 Å². The molecule has 0 aliphatic carbocycles. The third kappa shape index (κ3) is 3.16. The summed E-state index contributed by atoms with van der Waals surface area (Å²) in [6.45, 7) is 1.65. The van der Waals surface area contributed by atoms with Crippen molar-refractivity contribution >= 4 is 39.9 Å². The van der Waals surface area contributed by atoms with Crippen LogP contribution in [0.2, 0.25) is 0 Å². The van der Waals surface area contributed by atoms with Crippen molar-refractivity contribution in [1.82, 2.24) is 14.5 Å². The van der Waals surface area contributed by atoms with Gasteiger partial charge in [0.05, 0.1) is 11.7 Å². The van der Waals surface area contributed by atoms with E-state index in [1.54, 1.807) is 6.07 Å². The lowest BCUT2D eigenvalue weighted by Crippen LogP contribution is -2.40. The van der Waals surface area contributed by atoms with E-state index in [4.69, 9.17) is 5.73 Å². The lowest BCUT2D eigenvalue weighted by atomic mass is 10.2. The molecule has 1 aliphatic heterocycles. The first-order valence-electron chi connectivity index (χ1n) is 7.13. The molecule has 1 atom stereocenters. The molecule has 120 valence electrons. The van der Waals surface area contributed by atoms with E-state index in [0.717, 1.165) is 24.2 Å². The number of likely N-dealkylation sites (tertiary alicyclic amines) is 1. The molecule has 1 unspecified atom stereocenters. The van der Waals surface area contributed by atoms with Crippen molar-refractivity contribution in [3.63, 3.8) is 0 Å². The molecule has 1 saturated heterocycles. The highest BCUT2D eigenvalue weighted by Gasteiger charge is 2.27. The van der Waals surface area contributed by atoms with Gasteiger partial charge in [-0.15, -0.1) is 23.7 Å². The van der Waals surface area contributed by atoms with Crippen molar-refractivity contribution in [2.45, 2.75) is 31.8 Å². The SMILES string of the molecule is Cl.NCC1CCCN1C(=O)CCn1cnc2sccc2c1=O. The zero-order valence-corrected chi connectivity index (χ0v) is 13.7. The molecule has 0 spiro atoms. The number of carbonyl (C=O) groups excluding carboxylic acids is 1. The molecule has 1 amide bonds. The summed E-state index contributed by atoms with van der Waals surface area (Å²) in [5.41, 5.74) is 5.61. The molecule has 0 aromatic carbocycles. The van der Waals surface area contributed by atoms with Gasteiger partial charge in [-0.3, -0.25) is 14.2 Å². The third-order valence-electron chi connectivity index (χ3n) is 3.99. The topological polar surface area (TPSA) is 81.2 Å². The Bertz CT molecular complexity index is 714. The smallest absolute Gasteiger partial charge is 0.262 e. The van der Waals surface area contributed by atoms with Crippen LogP contribution in [0.15, 0.2) is 22.6 Å². The van der Waals surface area contributed by atoms with Crippen molar-refractivity contribution in [3.05, 3.63) is 28.1 Å². The lowest BCUT2D eigenvalue weighted by Gasteiger charge is -2.23. The summed E-state index contributed by atoms with van der Waals surface area (Å²) in [4.78, 5) is 31.3. The average Bonchev–Trinajstić information content (AvgIpc) is 3.15. The van der Waals surface area contributed by atoms with E-state index in [0.29, 0.717) is 24.9 Å². The molecule has 3 rings (SSSR count). The van der Waals surface area contributed by atoms with E-state index in [1.165, 1.54) is 22.2 Å². The fourth-order valence-corrected chi connectivity index (χ4v) is 3.54. The van der Waals surface area contributed by atoms with Gasteiger partial charge in [0.1, 0.15) is 4.83 Å². The van der Waals surface area contributed by atoms with Gasteiger partial charge < -0.3 is 10.6 Å². The fraction of sp³-hybridized carbons (Fsp3) is 0.500. The Hall–Kier alpha value is -1.44. The maximum Gasteiger partial charge on any atom is 0.262 e. The number of aromatic nitrogens is 2. The van der Waals surface area contributed by atoms with Gasteiger partial charge >= 0.3 is 0 Å². The van der Waals surface area contributed by atoms with E-state index in [-0.39, 0.29) is 29.9 Å². The molecule has 2 N–H and O–H groups in total. The average molecular weight is 343 g/mol. The number of hydrogen-bond donors (Lipinski definition) is 1. The number of rotatable bonds is 4. The van der Waals surface area contributed by atoms with Crippen LogP contribution in [-0.4, -0.2) is 39.5 Å². The molecule has 0 radical (unpaired) electrons. The summed E-state index contributed by atoms with van der Waals surface area (Å²) in [6.07, 6.45) is 3.83. The second-order valence-corrected chi connectivity index (χ2v) is 6.15. The monoisotopic (exact) mass is 342 g/mol. The van der Waals surface area contributed by atoms with Crippen LogP contribution in [0, 0.1) is 0 Å². The Balaban J connectivity index is 0.00000176. The second-order valence-electron chi connectivity index (χ2n) is 5.25. The van der Waals surface area contributed by atoms with Crippen molar-refractivity contribution in [2.24, 2.45) is 5.73 Å². The number of halogens is 1. The van der Waals surface area contributed by atoms with Crippen LogP contribution >= 0.6 is 23.7 Å². The van der Waals surface area contributed by atoms with Gasteiger partial charge in [0.25, 0.3) is 5.56 Å². The normalized spacial score (nSPS) is 17.7. The van der Waals surface area contributed by atoms with Gasteiger partial charge in [-0.05, 0) is 24.3 Å². The van der Waals surface area contributed by atoms with Crippen molar-refractivity contribution in [1.29, 1.82) is 0 Å². The largest absolute Gasteiger partial charge is 0.338 e. The summed E-state index contributed by atoms with van der Waals surface area (Å²) in [6, 6.07) is 1.94. The van der Waals surface area contributed by atoms with E-state index < -0.39 is 0 Å². The second kappa shape index (κ2) is 7.21. The van der Waals surface area contributed by atoms with Gasteiger partial charge in [0, 0.05) is 32.1 Å². The van der Waals surface area contributed by atoms with E-state index >= 15 is 0 Å². The molecule has 8 heteroatoms. The summed E-state index contributed by atoms with van der Waals surface area (Å²) < 4.78 is 1.51. The number of fused-ring (bicyclic) bond motifs is 1. The quantitative estimate of drug-likeness (QED) is 0.905. The van der Waals surface area contributed by atoms with E-state index in [9.17, 15) is 9.59 Å². The van der Waals surface area contributed by atoms with Gasteiger partial charge in [-0.25, -0.2) is 4.98 Å². The Labute approximate surface area is 138 Å². The highest BCUT2D eigenvalue weighted by Crippen LogP contribution is 2.17. The van der Waals surface area contributed by atoms with E-state index in [2.05, 4.69) is 4.98 Å². The molecule has 22 heavy (non-hydrogen) atoms. The molecule has 3 heterocycles. The maximum atomic E-state index is 12.2. The third-order valence-corrected chi connectivity index (χ3v) is 4.81. The minimum absolute atomic E-state index is 0. The van der Waals surface area contributed by atoms with Crippen LogP contribution in [0.5, 0.6) is 0 Å². The molecule has 1 aliphatic rings. The number of amides is 1. The first kappa shape index (κ1) is 16.9. The van der Waals surface area contributed by atoms with Crippen LogP contribution in [0.1, 0.15) is 19.3 Å². The predicted octanol–water partition coefficient (Wildman–Crippen LogP) is 1.22. The Morgan fingerprint density at radius 3 is 3.09 bits per heavy atom. The summed E-state index contributed by atoms with van der Waals surface area (Å²) >= 11 is 1.44. The van der Waals surface area contributed by atoms with Gasteiger partial charge in [0.2, 0.25) is 5.91 Å². The Morgan fingerprint density at radius 1 is 1.50 bits per heavy atom. The number of nitrogens with zero attached hydrogens (tertiary/aromatic N) is 3. The van der Waals surface area contributed by atoms with Gasteiger partial charge in [-0.2, -0.15) is 0 Å². The van der Waals surface area contributed by atoms with Crippen LogP contribution in [-0.2, 0) is 11.3 Å². The number of nitrogens with two attached hydrogens (primary N) is 1. The zero-order valence-electron chi connectivity index (χ0n) is 12.1. The minimum atomic E-state index is -0.0779. The first-order valence-corrected chi connectivity index (χ1v) is 8.01. The highest BCUT2D eigenvalue weighted by molar-refractivity contribution is 7.16. The minimum Gasteiger partial charge on any atom is -0.338 e. The molecule has 6 nitrogen and oxygen atoms in total. The molecule has 2 aromatic heterocycles. The van der Waals surface area contributed by atoms with Crippen LogP contribution in [0.4, 0.5) is 0 Å². The van der Waals surface area contributed by atoms with Crippen LogP contribution in [0.3, 0.4) is 0 Å².